The van der Waals surface area contributed by atoms with E-state index in [9.17, 15) is 4.79 Å². The average molecular weight is 355 g/mol. The van der Waals surface area contributed by atoms with E-state index in [0.717, 1.165) is 23.2 Å². The zero-order chi connectivity index (χ0) is 18.0. The maximum atomic E-state index is 12.8. The second kappa shape index (κ2) is 5.13. The zero-order valence-corrected chi connectivity index (χ0v) is 14.5. The molecule has 0 spiro atoms. The van der Waals surface area contributed by atoms with Gasteiger partial charge in [-0.15, -0.1) is 0 Å². The molecule has 0 radical (unpaired) electrons. The highest BCUT2D eigenvalue weighted by molar-refractivity contribution is 5.56. The Morgan fingerprint density at radius 1 is 0.852 bits per heavy atom. The lowest BCUT2D eigenvalue weighted by molar-refractivity contribution is 0.262. The Kier molecular flexibility index (Phi) is 2.82. The molecule has 0 saturated heterocycles. The number of nitrogens with zero attached hydrogens (tertiary/aromatic N) is 1. The van der Waals surface area contributed by atoms with Crippen LogP contribution in [-0.2, 0) is 5.41 Å². The van der Waals surface area contributed by atoms with E-state index in [0.29, 0.717) is 0 Å². The molecule has 1 aromatic carbocycles. The summed E-state index contributed by atoms with van der Waals surface area (Å²) in [4.78, 5) is 12.8. The third-order valence-electron chi connectivity index (χ3n) is 6.38. The fourth-order valence-electron chi connectivity index (χ4n) is 5.38. The van der Waals surface area contributed by atoms with E-state index in [1.807, 2.05) is 35.3 Å². The number of rotatable bonds is 2. The van der Waals surface area contributed by atoms with Gasteiger partial charge in [0, 0.05) is 34.2 Å². The van der Waals surface area contributed by atoms with Gasteiger partial charge in [-0.25, -0.2) is 0 Å². The van der Waals surface area contributed by atoms with Crippen LogP contribution in [0.1, 0.15) is 46.3 Å². The van der Waals surface area contributed by atoms with E-state index in [2.05, 4.69) is 30.3 Å². The first-order valence-electron chi connectivity index (χ1n) is 9.16. The fraction of sp³-hybridized carbons (Fsp3) is 0.174. The minimum atomic E-state index is -0.327. The van der Waals surface area contributed by atoms with Crippen molar-refractivity contribution in [3.8, 4) is 0 Å². The summed E-state index contributed by atoms with van der Waals surface area (Å²) in [5.41, 5.74) is 5.55. The van der Waals surface area contributed by atoms with Crippen molar-refractivity contribution < 1.29 is 8.83 Å². The number of aromatic nitrogens is 1. The van der Waals surface area contributed by atoms with Crippen LogP contribution in [0.3, 0.4) is 0 Å². The van der Waals surface area contributed by atoms with Crippen LogP contribution in [0.2, 0.25) is 0 Å². The molecule has 2 atom stereocenters. The maximum absolute atomic E-state index is 12.8. The Bertz CT molecular complexity index is 1150. The van der Waals surface area contributed by atoms with Crippen LogP contribution < -0.4 is 5.56 Å². The number of fused-ring (bicyclic) bond motifs is 1. The van der Waals surface area contributed by atoms with Crippen LogP contribution in [0.25, 0.3) is 0 Å². The van der Waals surface area contributed by atoms with Gasteiger partial charge in [0.25, 0.3) is 5.56 Å². The van der Waals surface area contributed by atoms with Gasteiger partial charge in [-0.05, 0) is 35.7 Å². The molecule has 2 aliphatic heterocycles. The average Bonchev–Trinajstić information content (AvgIpc) is 3.42. The topological polar surface area (TPSA) is 48.3 Å². The van der Waals surface area contributed by atoms with Crippen molar-refractivity contribution in [2.75, 3.05) is 0 Å². The van der Waals surface area contributed by atoms with Crippen LogP contribution in [0, 0.1) is 0 Å². The van der Waals surface area contributed by atoms with Gasteiger partial charge < -0.3 is 13.4 Å². The molecule has 0 amide bonds. The molecule has 4 aromatic rings. The largest absolute Gasteiger partial charge is 0.472 e. The molecule has 7 rings (SSSR count). The normalized spacial score (nSPS) is 21.6. The fourth-order valence-corrected chi connectivity index (χ4v) is 5.38. The molecule has 0 N–H and O–H groups in total. The summed E-state index contributed by atoms with van der Waals surface area (Å²) in [6.07, 6.45) is 7.92. The lowest BCUT2D eigenvalue weighted by Gasteiger charge is -2.53. The van der Waals surface area contributed by atoms with Gasteiger partial charge in [-0.1, -0.05) is 30.3 Å². The molecule has 3 aromatic heterocycles. The first-order chi connectivity index (χ1) is 13.3. The summed E-state index contributed by atoms with van der Waals surface area (Å²) in [6.45, 7) is 0. The Morgan fingerprint density at radius 3 is 2.22 bits per heavy atom. The van der Waals surface area contributed by atoms with Crippen molar-refractivity contribution in [1.82, 2.24) is 4.57 Å². The van der Waals surface area contributed by atoms with Gasteiger partial charge in [0.05, 0.1) is 31.1 Å². The summed E-state index contributed by atoms with van der Waals surface area (Å²) in [7, 11) is 0. The molecule has 3 aliphatic rings. The summed E-state index contributed by atoms with van der Waals surface area (Å²) >= 11 is 0. The van der Waals surface area contributed by atoms with Gasteiger partial charge in [-0.3, -0.25) is 4.79 Å². The Labute approximate surface area is 155 Å². The molecular formula is C23H17NO3. The number of benzene rings is 1. The van der Waals surface area contributed by atoms with Crippen LogP contribution >= 0.6 is 0 Å². The van der Waals surface area contributed by atoms with Crippen molar-refractivity contribution in [1.29, 1.82) is 0 Å². The predicted octanol–water partition coefficient (Wildman–Crippen LogP) is 4.46. The van der Waals surface area contributed by atoms with Crippen molar-refractivity contribution in [3.05, 3.63) is 118 Å². The highest BCUT2D eigenvalue weighted by atomic mass is 16.3. The minimum Gasteiger partial charge on any atom is -0.472 e. The summed E-state index contributed by atoms with van der Waals surface area (Å²) in [5.74, 6) is 0.0165. The van der Waals surface area contributed by atoms with Crippen LogP contribution in [-0.4, -0.2) is 4.57 Å². The van der Waals surface area contributed by atoms with E-state index >= 15 is 0 Å². The van der Waals surface area contributed by atoms with E-state index in [1.54, 1.807) is 18.6 Å². The monoisotopic (exact) mass is 355 g/mol. The summed E-state index contributed by atoms with van der Waals surface area (Å²) < 4.78 is 13.0. The summed E-state index contributed by atoms with van der Waals surface area (Å²) in [6, 6.07) is 18.2. The third-order valence-corrected chi connectivity index (χ3v) is 6.38. The second-order valence-corrected chi connectivity index (χ2v) is 7.44. The van der Waals surface area contributed by atoms with Crippen LogP contribution in [0.15, 0.2) is 93.3 Å². The Morgan fingerprint density at radius 2 is 1.56 bits per heavy atom. The smallest absolute Gasteiger partial charge is 0.251 e. The van der Waals surface area contributed by atoms with E-state index < -0.39 is 0 Å². The lowest BCUT2D eigenvalue weighted by Crippen LogP contribution is -2.50. The molecule has 0 unspecified atom stereocenters. The first kappa shape index (κ1) is 14.9. The first-order valence-corrected chi connectivity index (χ1v) is 9.16. The number of hydrogen-bond acceptors (Lipinski definition) is 3. The van der Waals surface area contributed by atoms with Crippen molar-refractivity contribution in [2.24, 2.45) is 0 Å². The molecule has 4 heteroatoms. The van der Waals surface area contributed by atoms with Crippen molar-refractivity contribution in [3.63, 3.8) is 0 Å². The molecule has 0 saturated carbocycles. The molecule has 0 fully saturated rings. The predicted molar refractivity (Wildman–Crippen MR) is 99.9 cm³/mol. The molecule has 4 nitrogen and oxygen atoms in total. The van der Waals surface area contributed by atoms with Crippen LogP contribution in [0.5, 0.6) is 0 Å². The quantitative estimate of drug-likeness (QED) is 0.533. The molecule has 132 valence electrons. The van der Waals surface area contributed by atoms with Crippen molar-refractivity contribution >= 4 is 0 Å². The van der Waals surface area contributed by atoms with Gasteiger partial charge in [0.15, 0.2) is 0 Å². The number of hydrogen-bond donors (Lipinski definition) is 0. The highest BCUT2D eigenvalue weighted by Gasteiger charge is 2.55. The SMILES string of the molecule is O=c1cccc2n1[C@@H]1CC(c3ccoc3)(c3ccoc3)[C@H]2c2ccccc21. The molecular weight excluding hydrogens is 338 g/mol. The van der Waals surface area contributed by atoms with Gasteiger partial charge in [-0.2, -0.15) is 0 Å². The number of furan rings is 2. The maximum Gasteiger partial charge on any atom is 0.251 e. The van der Waals surface area contributed by atoms with Crippen molar-refractivity contribution in [2.45, 2.75) is 23.8 Å². The van der Waals surface area contributed by atoms with E-state index in [4.69, 9.17) is 8.83 Å². The van der Waals surface area contributed by atoms with E-state index in [-0.39, 0.29) is 22.9 Å². The Balaban J connectivity index is 1.76. The van der Waals surface area contributed by atoms with Gasteiger partial charge >= 0.3 is 0 Å². The molecule has 5 heterocycles. The highest BCUT2D eigenvalue weighted by Crippen LogP contribution is 2.61. The van der Waals surface area contributed by atoms with Gasteiger partial charge in [0.2, 0.25) is 0 Å². The standard InChI is InChI=1S/C23H17NO3/c25-21-7-3-6-19-22-18-5-2-1-4-17(18)20(24(19)21)12-23(22,15-8-10-26-13-15)16-9-11-27-14-16/h1-11,13-14,20,22H,12H2/t20-,22+/m1/s1. The second-order valence-electron chi connectivity index (χ2n) is 7.44. The third kappa shape index (κ3) is 1.75. The molecule has 1 aliphatic carbocycles. The molecule has 27 heavy (non-hydrogen) atoms. The lowest BCUT2D eigenvalue weighted by atomic mass is 9.54. The zero-order valence-electron chi connectivity index (χ0n) is 14.5. The minimum absolute atomic E-state index is 0.0142. The number of pyridine rings is 1. The Hall–Kier alpha value is -3.27. The summed E-state index contributed by atoms with van der Waals surface area (Å²) in [5, 5.41) is 0. The van der Waals surface area contributed by atoms with E-state index in [1.165, 1.54) is 11.1 Å². The molecule has 2 bridgehead atoms. The van der Waals surface area contributed by atoms with Gasteiger partial charge in [0.1, 0.15) is 0 Å². The van der Waals surface area contributed by atoms with Crippen LogP contribution in [0.4, 0.5) is 0 Å².